The number of fused-ring (bicyclic) bond motifs is 1. The van der Waals surface area contributed by atoms with Crippen molar-refractivity contribution >= 4 is 45.0 Å². The number of hydrogen-bond donors (Lipinski definition) is 0. The van der Waals surface area contributed by atoms with Gasteiger partial charge in [-0.3, -0.25) is 4.79 Å². The third-order valence-corrected chi connectivity index (χ3v) is 7.23. The van der Waals surface area contributed by atoms with Crippen LogP contribution in [0.3, 0.4) is 0 Å². The van der Waals surface area contributed by atoms with Gasteiger partial charge in [0.25, 0.3) is 5.56 Å². The number of morpholine rings is 1. The molecular weight excluding hydrogens is 507 g/mol. The first-order valence-corrected chi connectivity index (χ1v) is 12.1. The number of halogens is 2. The van der Waals surface area contributed by atoms with Gasteiger partial charge in [0.2, 0.25) is 0 Å². The molecule has 1 fully saturated rings. The van der Waals surface area contributed by atoms with E-state index in [2.05, 4.69) is 25.8 Å². The number of benzene rings is 1. The fraction of sp³-hybridized carbons (Fsp3) is 0.250. The average molecular weight is 529 g/mol. The molecule has 1 aromatic carbocycles. The fourth-order valence-electron chi connectivity index (χ4n) is 4.08. The van der Waals surface area contributed by atoms with Crippen molar-refractivity contribution in [3.05, 3.63) is 80.9 Å². The minimum absolute atomic E-state index is 0.0996. The molecule has 0 saturated carbocycles. The van der Waals surface area contributed by atoms with Crippen LogP contribution in [-0.4, -0.2) is 39.8 Å². The van der Waals surface area contributed by atoms with Crippen LogP contribution in [0.15, 0.2) is 64.3 Å². The van der Waals surface area contributed by atoms with E-state index in [0.29, 0.717) is 25.4 Å². The molecule has 4 heterocycles. The second-order valence-electron chi connectivity index (χ2n) is 8.07. The summed E-state index contributed by atoms with van der Waals surface area (Å²) in [6, 6.07) is 11.6. The van der Waals surface area contributed by atoms with E-state index in [1.54, 1.807) is 29.2 Å². The number of pyridine rings is 2. The van der Waals surface area contributed by atoms with Gasteiger partial charge in [-0.2, -0.15) is 0 Å². The summed E-state index contributed by atoms with van der Waals surface area (Å²) < 4.78 is 23.2. The largest absolute Gasteiger partial charge is 0.378 e. The Morgan fingerprint density at radius 3 is 2.73 bits per heavy atom. The number of nitrogens with zero attached hydrogens (tertiary/aromatic N) is 4. The Bertz CT molecular complexity index is 1380. The van der Waals surface area contributed by atoms with Crippen LogP contribution in [0, 0.1) is 6.92 Å². The first-order chi connectivity index (χ1) is 16.0. The van der Waals surface area contributed by atoms with Gasteiger partial charge in [-0.25, -0.2) is 8.96 Å². The van der Waals surface area contributed by atoms with E-state index in [1.807, 2.05) is 37.3 Å². The smallest absolute Gasteiger partial charge is 0.251 e. The van der Waals surface area contributed by atoms with Gasteiger partial charge in [-0.05, 0) is 41.8 Å². The van der Waals surface area contributed by atoms with E-state index in [-0.39, 0.29) is 17.9 Å². The van der Waals surface area contributed by atoms with Gasteiger partial charge in [-0.1, -0.05) is 28.1 Å². The topological polar surface area (TPSA) is 52.3 Å². The molecule has 1 aliphatic rings. The molecule has 0 bridgehead atoms. The van der Waals surface area contributed by atoms with Crippen molar-refractivity contribution in [3.63, 3.8) is 0 Å². The van der Waals surface area contributed by atoms with E-state index >= 15 is 0 Å². The highest BCUT2D eigenvalue weighted by Gasteiger charge is 2.17. The lowest BCUT2D eigenvalue weighted by molar-refractivity contribution is 0.122. The molecule has 0 unspecified atom stereocenters. The van der Waals surface area contributed by atoms with Crippen molar-refractivity contribution in [2.75, 3.05) is 31.2 Å². The molecule has 33 heavy (non-hydrogen) atoms. The van der Waals surface area contributed by atoms with Crippen molar-refractivity contribution in [1.29, 1.82) is 0 Å². The van der Waals surface area contributed by atoms with Crippen LogP contribution in [0.4, 0.5) is 9.57 Å². The van der Waals surface area contributed by atoms with Crippen LogP contribution < -0.4 is 10.5 Å². The van der Waals surface area contributed by atoms with Crippen molar-refractivity contribution in [2.24, 2.45) is 0 Å². The molecule has 0 spiro atoms. The Morgan fingerprint density at radius 1 is 1.18 bits per heavy atom. The minimum Gasteiger partial charge on any atom is -0.378 e. The molecule has 0 atom stereocenters. The van der Waals surface area contributed by atoms with E-state index in [9.17, 15) is 8.68 Å². The number of rotatable bonds is 5. The third-order valence-electron chi connectivity index (χ3n) is 5.94. The van der Waals surface area contributed by atoms with Crippen LogP contribution >= 0.6 is 28.3 Å². The van der Waals surface area contributed by atoms with Gasteiger partial charge < -0.3 is 14.2 Å². The highest BCUT2D eigenvalue weighted by molar-refractivity contribution is 9.10. The standard InChI is InChI=1S/C24H22BrFN4O2S/c1-16-2-3-17(10-22(16)25)14-29-5-4-18(11-23(29)31)21-15-30(33-26)24-20(21)12-19(13-27-24)28-6-8-32-9-7-28/h2-5,10-13,15H,6-9,14H2,1H3. The predicted molar refractivity (Wildman–Crippen MR) is 135 cm³/mol. The molecule has 0 aliphatic carbocycles. The van der Waals surface area contributed by atoms with Gasteiger partial charge >= 0.3 is 0 Å². The Hall–Kier alpha value is -2.62. The summed E-state index contributed by atoms with van der Waals surface area (Å²) in [6.45, 7) is 5.41. The van der Waals surface area contributed by atoms with Crippen LogP contribution in [0.2, 0.25) is 0 Å². The minimum atomic E-state index is -0.115. The van der Waals surface area contributed by atoms with Crippen molar-refractivity contribution in [1.82, 2.24) is 13.5 Å². The molecule has 6 nitrogen and oxygen atoms in total. The molecule has 0 amide bonds. The summed E-state index contributed by atoms with van der Waals surface area (Å²) in [5, 5.41) is 0.809. The Labute approximate surface area is 203 Å². The molecule has 5 rings (SSSR count). The second-order valence-corrected chi connectivity index (χ2v) is 9.45. The van der Waals surface area contributed by atoms with Crippen LogP contribution in [0.5, 0.6) is 0 Å². The zero-order valence-electron chi connectivity index (χ0n) is 18.0. The zero-order valence-corrected chi connectivity index (χ0v) is 20.4. The number of anilines is 1. The molecule has 3 aromatic heterocycles. The van der Waals surface area contributed by atoms with Crippen LogP contribution in [0.25, 0.3) is 22.2 Å². The Morgan fingerprint density at radius 2 is 2.00 bits per heavy atom. The molecule has 0 N–H and O–H groups in total. The number of aryl methyl sites for hydroxylation is 1. The summed E-state index contributed by atoms with van der Waals surface area (Å²) in [4.78, 5) is 19.6. The number of hydrogen-bond acceptors (Lipinski definition) is 5. The first-order valence-electron chi connectivity index (χ1n) is 10.6. The predicted octanol–water partition coefficient (Wildman–Crippen LogP) is 5.20. The SMILES string of the molecule is Cc1ccc(Cn2ccc(-c3cn(SF)c4ncc(N5CCOCC5)cc34)cc2=O)cc1Br. The lowest BCUT2D eigenvalue weighted by Gasteiger charge is -2.28. The summed E-state index contributed by atoms with van der Waals surface area (Å²) >= 11 is 3.65. The zero-order chi connectivity index (χ0) is 22.9. The third kappa shape index (κ3) is 4.45. The maximum absolute atomic E-state index is 13.6. The van der Waals surface area contributed by atoms with Gasteiger partial charge in [0.15, 0.2) is 18.0 Å². The molecule has 1 aliphatic heterocycles. The summed E-state index contributed by atoms with van der Waals surface area (Å²) in [5.41, 5.74) is 5.08. The fourth-order valence-corrected chi connectivity index (χ4v) is 4.87. The molecule has 9 heteroatoms. The Kier molecular flexibility index (Phi) is 6.27. The highest BCUT2D eigenvalue weighted by Crippen LogP contribution is 2.34. The van der Waals surface area contributed by atoms with Gasteiger partial charge in [0, 0.05) is 47.0 Å². The first kappa shape index (κ1) is 22.2. The van der Waals surface area contributed by atoms with Gasteiger partial charge in [0.05, 0.1) is 31.6 Å². The van der Waals surface area contributed by atoms with Crippen LogP contribution in [-0.2, 0) is 11.3 Å². The normalized spacial score (nSPS) is 14.2. The maximum Gasteiger partial charge on any atom is 0.251 e. The van der Waals surface area contributed by atoms with E-state index < -0.39 is 0 Å². The number of ether oxygens (including phenoxy) is 1. The van der Waals surface area contributed by atoms with E-state index in [1.165, 1.54) is 3.97 Å². The number of aromatic nitrogens is 3. The molecule has 170 valence electrons. The molecular formula is C24H22BrFN4O2S. The highest BCUT2D eigenvalue weighted by atomic mass is 79.9. The second kappa shape index (κ2) is 9.32. The van der Waals surface area contributed by atoms with Crippen molar-refractivity contribution < 1.29 is 8.62 Å². The Balaban J connectivity index is 1.51. The van der Waals surface area contributed by atoms with E-state index in [4.69, 9.17) is 4.74 Å². The molecule has 4 aromatic rings. The van der Waals surface area contributed by atoms with Crippen LogP contribution in [0.1, 0.15) is 11.1 Å². The van der Waals surface area contributed by atoms with Gasteiger partial charge in [-0.15, -0.1) is 3.89 Å². The lowest BCUT2D eigenvalue weighted by Crippen LogP contribution is -2.36. The van der Waals surface area contributed by atoms with Crippen molar-refractivity contribution in [3.8, 4) is 11.1 Å². The quantitative estimate of drug-likeness (QED) is 0.356. The molecule has 0 radical (unpaired) electrons. The maximum atomic E-state index is 13.6. The molecule has 1 saturated heterocycles. The lowest BCUT2D eigenvalue weighted by atomic mass is 10.1. The van der Waals surface area contributed by atoms with Gasteiger partial charge in [0.1, 0.15) is 0 Å². The summed E-state index contributed by atoms with van der Waals surface area (Å²) in [6.07, 6.45) is 5.25. The average Bonchev–Trinajstić information content (AvgIpc) is 3.21. The monoisotopic (exact) mass is 528 g/mol. The summed E-state index contributed by atoms with van der Waals surface area (Å²) in [5.74, 6) is 0. The van der Waals surface area contributed by atoms with E-state index in [0.717, 1.165) is 50.9 Å². The van der Waals surface area contributed by atoms with Crippen molar-refractivity contribution in [2.45, 2.75) is 13.5 Å². The summed E-state index contributed by atoms with van der Waals surface area (Å²) in [7, 11) is 0.